The number of para-hydroxylation sites is 2. The SMILES string of the molecule is C1=C(c2ccccc2-c2cccc3c2Oc2ccccc2C32c3ccccc3-c3ccccc32)NC(c2ccccc2)=NC1c1ccccn1. The van der Waals surface area contributed by atoms with Crippen molar-refractivity contribution in [2.24, 2.45) is 4.99 Å². The summed E-state index contributed by atoms with van der Waals surface area (Å²) in [6, 6.07) is 57.5. The van der Waals surface area contributed by atoms with E-state index >= 15 is 0 Å². The normalized spacial score (nSPS) is 16.1. The number of nitrogens with zero attached hydrogens (tertiary/aromatic N) is 2. The van der Waals surface area contributed by atoms with Gasteiger partial charge in [-0.25, -0.2) is 0 Å². The average Bonchev–Trinajstić information content (AvgIpc) is 3.49. The van der Waals surface area contributed by atoms with E-state index in [4.69, 9.17) is 14.7 Å². The molecule has 1 aliphatic carbocycles. The van der Waals surface area contributed by atoms with Gasteiger partial charge < -0.3 is 10.1 Å². The lowest BCUT2D eigenvalue weighted by Gasteiger charge is -2.40. The summed E-state index contributed by atoms with van der Waals surface area (Å²) >= 11 is 0. The molecule has 50 heavy (non-hydrogen) atoms. The van der Waals surface area contributed by atoms with Crippen molar-refractivity contribution in [3.05, 3.63) is 215 Å². The van der Waals surface area contributed by atoms with Crippen molar-refractivity contribution in [1.29, 1.82) is 0 Å². The van der Waals surface area contributed by atoms with Crippen molar-refractivity contribution in [1.82, 2.24) is 10.3 Å². The van der Waals surface area contributed by atoms with Gasteiger partial charge in [0.05, 0.1) is 11.1 Å². The maximum Gasteiger partial charge on any atom is 0.140 e. The van der Waals surface area contributed by atoms with Gasteiger partial charge in [-0.2, -0.15) is 0 Å². The van der Waals surface area contributed by atoms with E-state index in [1.807, 2.05) is 42.6 Å². The predicted octanol–water partition coefficient (Wildman–Crippen LogP) is 10.3. The Labute approximate surface area is 291 Å². The third kappa shape index (κ3) is 4.18. The summed E-state index contributed by atoms with van der Waals surface area (Å²) in [7, 11) is 0. The number of nitrogens with one attached hydrogen (secondary N) is 1. The largest absolute Gasteiger partial charge is 0.456 e. The molecular weight excluding hydrogens is 611 g/mol. The first kappa shape index (κ1) is 28.5. The fourth-order valence-electron chi connectivity index (χ4n) is 8.18. The topological polar surface area (TPSA) is 46.5 Å². The first-order valence-corrected chi connectivity index (χ1v) is 17.0. The van der Waals surface area contributed by atoms with E-state index in [0.717, 1.165) is 62.1 Å². The zero-order valence-corrected chi connectivity index (χ0v) is 27.1. The minimum atomic E-state index is -0.526. The van der Waals surface area contributed by atoms with Crippen LogP contribution in [0.25, 0.3) is 28.0 Å². The van der Waals surface area contributed by atoms with Gasteiger partial charge in [-0.15, -0.1) is 0 Å². The number of pyridine rings is 1. The number of hydrogen-bond donors (Lipinski definition) is 1. The maximum atomic E-state index is 7.03. The molecule has 1 atom stereocenters. The van der Waals surface area contributed by atoms with Gasteiger partial charge in [0.15, 0.2) is 0 Å². The standard InChI is InChI=1S/C46H31N3O/c1-2-15-30(16-3-1)45-48-41(29-42(49-45)40-26-12-13-28-47-40)34-20-5-4-17-31(34)35-21-14-25-39-44(35)50-43-27-11-10-24-38(43)46(39)36-22-8-6-18-32(36)33-19-7-9-23-37(33)46/h1-29,42H,(H,48,49). The van der Waals surface area contributed by atoms with Gasteiger partial charge >= 0.3 is 0 Å². The molecule has 0 saturated heterocycles. The summed E-state index contributed by atoms with van der Waals surface area (Å²) in [5, 5.41) is 3.71. The van der Waals surface area contributed by atoms with Crippen molar-refractivity contribution in [2.75, 3.05) is 0 Å². The Kier molecular flexibility index (Phi) is 6.43. The van der Waals surface area contributed by atoms with Crippen LogP contribution in [0.2, 0.25) is 0 Å². The van der Waals surface area contributed by atoms with Crippen LogP contribution in [0, 0.1) is 0 Å². The number of amidine groups is 1. The Hall–Kier alpha value is -6.52. The Balaban J connectivity index is 1.19. The Bertz CT molecular complexity index is 2450. The monoisotopic (exact) mass is 641 g/mol. The zero-order chi connectivity index (χ0) is 33.1. The van der Waals surface area contributed by atoms with Crippen LogP contribution >= 0.6 is 0 Å². The van der Waals surface area contributed by atoms with Gasteiger partial charge in [-0.3, -0.25) is 9.98 Å². The lowest BCUT2D eigenvalue weighted by Crippen LogP contribution is -2.32. The molecule has 1 aromatic heterocycles. The molecule has 6 aromatic carbocycles. The second kappa shape index (κ2) is 11.3. The first-order valence-electron chi connectivity index (χ1n) is 17.0. The molecule has 3 heterocycles. The highest BCUT2D eigenvalue weighted by molar-refractivity contribution is 6.06. The summed E-state index contributed by atoms with van der Waals surface area (Å²) in [6.07, 6.45) is 4.02. The van der Waals surface area contributed by atoms with Crippen molar-refractivity contribution in [3.63, 3.8) is 0 Å². The minimum Gasteiger partial charge on any atom is -0.456 e. The van der Waals surface area contributed by atoms with Crippen molar-refractivity contribution in [3.8, 4) is 33.8 Å². The Morgan fingerprint density at radius 2 is 1.10 bits per heavy atom. The minimum absolute atomic E-state index is 0.252. The Morgan fingerprint density at radius 3 is 1.84 bits per heavy atom. The van der Waals surface area contributed by atoms with Crippen LogP contribution in [-0.2, 0) is 5.41 Å². The van der Waals surface area contributed by atoms with E-state index in [1.165, 1.54) is 22.3 Å². The van der Waals surface area contributed by atoms with Crippen LogP contribution in [0.15, 0.2) is 181 Å². The van der Waals surface area contributed by atoms with Crippen molar-refractivity contribution < 1.29 is 4.74 Å². The molecule has 0 bridgehead atoms. The van der Waals surface area contributed by atoms with Crippen LogP contribution in [-0.4, -0.2) is 10.8 Å². The molecule has 236 valence electrons. The first-order chi connectivity index (χ1) is 24.8. The highest BCUT2D eigenvalue weighted by Crippen LogP contribution is 2.63. The number of aliphatic imine (C=N–C) groups is 1. The number of fused-ring (bicyclic) bond motifs is 9. The third-order valence-corrected chi connectivity index (χ3v) is 10.3. The van der Waals surface area contributed by atoms with Gasteiger partial charge in [0.2, 0.25) is 0 Å². The predicted molar refractivity (Wildman–Crippen MR) is 200 cm³/mol. The van der Waals surface area contributed by atoms with Crippen LogP contribution < -0.4 is 10.1 Å². The number of rotatable bonds is 4. The van der Waals surface area contributed by atoms with Gasteiger partial charge in [-0.1, -0.05) is 146 Å². The number of aromatic nitrogens is 1. The lowest BCUT2D eigenvalue weighted by molar-refractivity contribution is 0.438. The second-order valence-corrected chi connectivity index (χ2v) is 12.9. The van der Waals surface area contributed by atoms with Gasteiger partial charge in [0.1, 0.15) is 23.4 Å². The molecule has 4 nitrogen and oxygen atoms in total. The van der Waals surface area contributed by atoms with Crippen LogP contribution in [0.4, 0.5) is 0 Å². The lowest BCUT2D eigenvalue weighted by atomic mass is 9.65. The molecule has 0 radical (unpaired) electrons. The third-order valence-electron chi connectivity index (χ3n) is 10.3. The fraction of sp³-hybridized carbons (Fsp3) is 0.0435. The number of ether oxygens (including phenoxy) is 1. The summed E-state index contributed by atoms with van der Waals surface area (Å²) in [5.74, 6) is 2.56. The van der Waals surface area contributed by atoms with E-state index in [1.54, 1.807) is 0 Å². The highest BCUT2D eigenvalue weighted by Gasteiger charge is 2.51. The van der Waals surface area contributed by atoms with Gasteiger partial charge in [-0.05, 0) is 52.1 Å². The highest BCUT2D eigenvalue weighted by atomic mass is 16.5. The molecule has 7 aromatic rings. The van der Waals surface area contributed by atoms with Gasteiger partial charge in [0.25, 0.3) is 0 Å². The Morgan fingerprint density at radius 1 is 0.500 bits per heavy atom. The molecule has 1 N–H and O–H groups in total. The summed E-state index contributed by atoms with van der Waals surface area (Å²) in [5.41, 5.74) is 12.9. The second-order valence-electron chi connectivity index (χ2n) is 12.9. The summed E-state index contributed by atoms with van der Waals surface area (Å²) < 4.78 is 7.03. The molecule has 0 saturated carbocycles. The summed E-state index contributed by atoms with van der Waals surface area (Å²) in [6.45, 7) is 0. The maximum absolute atomic E-state index is 7.03. The molecule has 2 aliphatic heterocycles. The van der Waals surface area contributed by atoms with E-state index < -0.39 is 5.41 Å². The van der Waals surface area contributed by atoms with E-state index in [2.05, 4.69) is 139 Å². The fourth-order valence-corrected chi connectivity index (χ4v) is 8.18. The molecule has 10 rings (SSSR count). The number of hydrogen-bond acceptors (Lipinski definition) is 4. The van der Waals surface area contributed by atoms with E-state index in [0.29, 0.717) is 0 Å². The van der Waals surface area contributed by atoms with Gasteiger partial charge in [0, 0.05) is 39.7 Å². The molecule has 0 fully saturated rings. The van der Waals surface area contributed by atoms with Crippen LogP contribution in [0.3, 0.4) is 0 Å². The number of benzene rings is 6. The van der Waals surface area contributed by atoms with Crippen molar-refractivity contribution >= 4 is 11.5 Å². The zero-order valence-electron chi connectivity index (χ0n) is 27.1. The molecule has 0 amide bonds. The van der Waals surface area contributed by atoms with Crippen LogP contribution in [0.1, 0.15) is 45.1 Å². The molecule has 4 heteroatoms. The molecular formula is C46H31N3O. The van der Waals surface area contributed by atoms with Crippen molar-refractivity contribution in [2.45, 2.75) is 11.5 Å². The summed E-state index contributed by atoms with van der Waals surface area (Å²) in [4.78, 5) is 9.82. The molecule has 1 unspecified atom stereocenters. The van der Waals surface area contributed by atoms with E-state index in [9.17, 15) is 0 Å². The smallest absolute Gasteiger partial charge is 0.140 e. The average molecular weight is 642 g/mol. The quantitative estimate of drug-likeness (QED) is 0.208. The molecule has 3 aliphatic rings. The molecule has 1 spiro atoms. The van der Waals surface area contributed by atoms with E-state index in [-0.39, 0.29) is 6.04 Å². The van der Waals surface area contributed by atoms with Crippen LogP contribution in [0.5, 0.6) is 11.5 Å².